The Bertz CT molecular complexity index is 3250. The predicted octanol–water partition coefficient (Wildman–Crippen LogP) is 13.0. The van der Waals surface area contributed by atoms with E-state index in [9.17, 15) is 0 Å². The summed E-state index contributed by atoms with van der Waals surface area (Å²) in [7, 11) is 0. The standard InChI is InChI=1S/C52H33N5/c1-5-15-34(16-6-1)35-25-27-38(28-26-35)51-54-50(37-19-9-3-10-20-37)55-52(56-51)39-29-30-41-43-32-44-42-23-13-14-24-47(42)57(40-21-11-4-12-22-40)48(44)33-45(43)49(53-46(41)31-39)36-17-7-2-8-18-36/h1-33H. The van der Waals surface area contributed by atoms with E-state index in [1.54, 1.807) is 0 Å². The summed E-state index contributed by atoms with van der Waals surface area (Å²) < 4.78 is 2.37. The quantitative estimate of drug-likeness (QED) is 0.160. The smallest absolute Gasteiger partial charge is 0.164 e. The number of nitrogens with zero attached hydrogens (tertiary/aromatic N) is 5. The topological polar surface area (TPSA) is 56.5 Å². The van der Waals surface area contributed by atoms with Crippen LogP contribution >= 0.6 is 0 Å². The van der Waals surface area contributed by atoms with Gasteiger partial charge in [-0.3, -0.25) is 0 Å². The zero-order valence-corrected chi connectivity index (χ0v) is 30.8. The summed E-state index contributed by atoms with van der Waals surface area (Å²) in [4.78, 5) is 20.6. The van der Waals surface area contributed by atoms with Gasteiger partial charge >= 0.3 is 0 Å². The molecule has 0 amide bonds. The molecule has 0 aliphatic heterocycles. The number of hydrogen-bond donors (Lipinski definition) is 0. The van der Waals surface area contributed by atoms with Crippen LogP contribution in [-0.2, 0) is 0 Å². The van der Waals surface area contributed by atoms with E-state index in [1.165, 1.54) is 21.9 Å². The maximum atomic E-state index is 5.44. The van der Waals surface area contributed by atoms with E-state index < -0.39 is 0 Å². The molecule has 0 unspecified atom stereocenters. The number of fused-ring (bicyclic) bond motifs is 6. The monoisotopic (exact) mass is 727 g/mol. The van der Waals surface area contributed by atoms with Gasteiger partial charge in [-0.1, -0.05) is 164 Å². The zero-order chi connectivity index (χ0) is 37.7. The van der Waals surface area contributed by atoms with Crippen LogP contribution in [0.5, 0.6) is 0 Å². The average Bonchev–Trinajstić information content (AvgIpc) is 3.62. The SMILES string of the molecule is c1ccc(-c2ccc(-c3nc(-c4ccccc4)nc(-c4ccc5c(c4)nc(-c4ccccc4)c4cc6c(cc45)c4ccccc4n6-c4ccccc4)n3)cc2)cc1. The highest BCUT2D eigenvalue weighted by atomic mass is 15.0. The second-order valence-electron chi connectivity index (χ2n) is 14.3. The third-order valence-electron chi connectivity index (χ3n) is 10.8. The molecule has 0 radical (unpaired) electrons. The summed E-state index contributed by atoms with van der Waals surface area (Å²) in [5.74, 6) is 1.83. The Morgan fingerprint density at radius 1 is 0.281 bits per heavy atom. The van der Waals surface area contributed by atoms with Crippen LogP contribution in [0.25, 0.3) is 106 Å². The summed E-state index contributed by atoms with van der Waals surface area (Å²) in [6.45, 7) is 0. The molecule has 0 aliphatic carbocycles. The van der Waals surface area contributed by atoms with E-state index in [4.69, 9.17) is 19.9 Å². The summed E-state index contributed by atoms with van der Waals surface area (Å²) in [6, 6.07) is 69.8. The summed E-state index contributed by atoms with van der Waals surface area (Å²) in [5.41, 5.74) is 11.3. The van der Waals surface area contributed by atoms with Crippen molar-refractivity contribution in [2.24, 2.45) is 0 Å². The van der Waals surface area contributed by atoms with E-state index in [0.717, 1.165) is 66.4 Å². The molecule has 11 aromatic rings. The van der Waals surface area contributed by atoms with Crippen LogP contribution in [0.4, 0.5) is 0 Å². The Kier molecular flexibility index (Phi) is 7.74. The van der Waals surface area contributed by atoms with Gasteiger partial charge in [-0.2, -0.15) is 0 Å². The third kappa shape index (κ3) is 5.72. The van der Waals surface area contributed by atoms with E-state index in [2.05, 4.69) is 162 Å². The summed E-state index contributed by atoms with van der Waals surface area (Å²) >= 11 is 0. The van der Waals surface area contributed by atoms with Crippen LogP contribution in [-0.4, -0.2) is 24.5 Å². The van der Waals surface area contributed by atoms with Crippen molar-refractivity contribution in [3.8, 4) is 62.2 Å². The highest BCUT2D eigenvalue weighted by Crippen LogP contribution is 2.40. The Labute approximate surface area is 329 Å². The van der Waals surface area contributed by atoms with E-state index in [0.29, 0.717) is 17.5 Å². The molecule has 0 saturated carbocycles. The number of hydrogen-bond acceptors (Lipinski definition) is 4. The van der Waals surface area contributed by atoms with Gasteiger partial charge in [0.2, 0.25) is 0 Å². The van der Waals surface area contributed by atoms with Gasteiger partial charge in [-0.05, 0) is 52.9 Å². The number of benzene rings is 8. The second kappa shape index (κ2) is 13.5. The molecule has 0 atom stereocenters. The average molecular weight is 728 g/mol. The molecule has 266 valence electrons. The lowest BCUT2D eigenvalue weighted by atomic mass is 9.97. The molecular formula is C52H33N5. The lowest BCUT2D eigenvalue weighted by Crippen LogP contribution is -2.00. The zero-order valence-electron chi connectivity index (χ0n) is 30.8. The number of pyridine rings is 1. The van der Waals surface area contributed by atoms with Crippen molar-refractivity contribution in [2.45, 2.75) is 0 Å². The minimum Gasteiger partial charge on any atom is -0.309 e. The van der Waals surface area contributed by atoms with E-state index in [1.807, 2.05) is 42.5 Å². The van der Waals surface area contributed by atoms with Crippen LogP contribution in [0.2, 0.25) is 0 Å². The molecule has 8 aromatic carbocycles. The first kappa shape index (κ1) is 32.7. The Hall–Kier alpha value is -7.76. The first-order chi connectivity index (χ1) is 28.2. The maximum absolute atomic E-state index is 5.44. The highest BCUT2D eigenvalue weighted by Gasteiger charge is 2.19. The summed E-state index contributed by atoms with van der Waals surface area (Å²) in [5, 5.41) is 5.73. The van der Waals surface area contributed by atoms with Gasteiger partial charge in [0, 0.05) is 49.5 Å². The fraction of sp³-hybridized carbons (Fsp3) is 0. The first-order valence-electron chi connectivity index (χ1n) is 19.1. The molecule has 5 heteroatoms. The molecule has 0 spiro atoms. The fourth-order valence-corrected chi connectivity index (χ4v) is 8.07. The second-order valence-corrected chi connectivity index (χ2v) is 14.3. The Morgan fingerprint density at radius 2 is 0.789 bits per heavy atom. The lowest BCUT2D eigenvalue weighted by Gasteiger charge is -2.14. The van der Waals surface area contributed by atoms with Crippen molar-refractivity contribution < 1.29 is 0 Å². The molecule has 0 aliphatic rings. The molecule has 5 nitrogen and oxygen atoms in total. The Morgan fingerprint density at radius 3 is 1.47 bits per heavy atom. The van der Waals surface area contributed by atoms with Crippen molar-refractivity contribution in [3.63, 3.8) is 0 Å². The highest BCUT2D eigenvalue weighted by molar-refractivity contribution is 6.20. The third-order valence-corrected chi connectivity index (χ3v) is 10.8. The molecule has 57 heavy (non-hydrogen) atoms. The van der Waals surface area contributed by atoms with E-state index in [-0.39, 0.29) is 0 Å². The van der Waals surface area contributed by atoms with Crippen LogP contribution < -0.4 is 0 Å². The van der Waals surface area contributed by atoms with Gasteiger partial charge in [-0.15, -0.1) is 0 Å². The minimum absolute atomic E-state index is 0.595. The predicted molar refractivity (Wildman–Crippen MR) is 234 cm³/mol. The van der Waals surface area contributed by atoms with Crippen molar-refractivity contribution >= 4 is 43.5 Å². The molecule has 0 bridgehead atoms. The molecule has 0 N–H and O–H groups in total. The van der Waals surface area contributed by atoms with E-state index >= 15 is 0 Å². The normalized spacial score (nSPS) is 11.5. The molecule has 3 aromatic heterocycles. The van der Waals surface area contributed by atoms with Gasteiger partial charge in [-0.25, -0.2) is 19.9 Å². The summed E-state index contributed by atoms with van der Waals surface area (Å²) in [6.07, 6.45) is 0. The van der Waals surface area contributed by atoms with Crippen molar-refractivity contribution in [1.29, 1.82) is 0 Å². The number of aromatic nitrogens is 5. The first-order valence-corrected chi connectivity index (χ1v) is 19.1. The lowest BCUT2D eigenvalue weighted by molar-refractivity contribution is 1.07. The minimum atomic E-state index is 0.595. The Balaban J connectivity index is 1.13. The van der Waals surface area contributed by atoms with Crippen LogP contribution in [0.1, 0.15) is 0 Å². The molecule has 0 fully saturated rings. The maximum Gasteiger partial charge on any atom is 0.164 e. The van der Waals surface area contributed by atoms with Crippen LogP contribution in [0.15, 0.2) is 200 Å². The van der Waals surface area contributed by atoms with Crippen LogP contribution in [0.3, 0.4) is 0 Å². The van der Waals surface area contributed by atoms with Crippen molar-refractivity contribution in [1.82, 2.24) is 24.5 Å². The number of rotatable bonds is 6. The largest absolute Gasteiger partial charge is 0.309 e. The number of para-hydroxylation sites is 2. The van der Waals surface area contributed by atoms with Gasteiger partial charge in [0.15, 0.2) is 17.5 Å². The molecular weight excluding hydrogens is 695 g/mol. The van der Waals surface area contributed by atoms with Crippen molar-refractivity contribution in [3.05, 3.63) is 200 Å². The fourth-order valence-electron chi connectivity index (χ4n) is 8.07. The van der Waals surface area contributed by atoms with Gasteiger partial charge < -0.3 is 4.57 Å². The molecule has 11 rings (SSSR count). The van der Waals surface area contributed by atoms with Gasteiger partial charge in [0.1, 0.15) is 0 Å². The van der Waals surface area contributed by atoms with Crippen LogP contribution in [0, 0.1) is 0 Å². The van der Waals surface area contributed by atoms with Gasteiger partial charge in [0.05, 0.1) is 22.2 Å². The molecule has 0 saturated heterocycles. The van der Waals surface area contributed by atoms with Crippen molar-refractivity contribution in [2.75, 3.05) is 0 Å². The molecule has 3 heterocycles. The van der Waals surface area contributed by atoms with Gasteiger partial charge in [0.25, 0.3) is 0 Å².